The van der Waals surface area contributed by atoms with Crippen molar-refractivity contribution in [3.05, 3.63) is 299 Å². The molecule has 0 amide bonds. The molecule has 2 aliphatic carbocycles. The van der Waals surface area contributed by atoms with E-state index in [4.69, 9.17) is 0 Å². The van der Waals surface area contributed by atoms with E-state index in [1.165, 1.54) is 108 Å². The number of aromatic nitrogens is 1. The molecule has 11 aromatic carbocycles. The molecule has 1 aromatic heterocycles. The number of hydrogen-bond donors (Lipinski definition) is 0. The van der Waals surface area contributed by atoms with Crippen LogP contribution < -0.4 is 4.90 Å². The van der Waals surface area contributed by atoms with Gasteiger partial charge in [0.25, 0.3) is 0 Å². The zero-order chi connectivity index (χ0) is 47.1. The Labute approximate surface area is 426 Å². The number of nitrogens with zero attached hydrogens (tertiary/aromatic N) is 2. The molecule has 2 nitrogen and oxygen atoms in total. The third-order valence-electron chi connectivity index (χ3n) is 16.1. The summed E-state index contributed by atoms with van der Waals surface area (Å²) in [5, 5.41) is 2.47. The first kappa shape index (κ1) is 40.4. The molecule has 0 N–H and O–H groups in total. The molecule has 12 aromatic rings. The molecule has 2 aliphatic heterocycles. The number of rotatable bonds is 4. The highest BCUT2D eigenvalue weighted by Crippen LogP contribution is 2.65. The molecular weight excluding hydrogens is 909 g/mol. The number of fused-ring (bicyclic) bond motifs is 21. The van der Waals surface area contributed by atoms with E-state index in [1.54, 1.807) is 0 Å². The third-order valence-corrected chi connectivity index (χ3v) is 18.4. The second-order valence-electron chi connectivity index (χ2n) is 19.5. The predicted octanol–water partition coefficient (Wildman–Crippen LogP) is 17.9. The van der Waals surface area contributed by atoms with Crippen molar-refractivity contribution in [1.82, 2.24) is 4.57 Å². The number of hydrogen-bond acceptors (Lipinski definition) is 3. The van der Waals surface area contributed by atoms with E-state index in [0.717, 1.165) is 22.7 Å². The summed E-state index contributed by atoms with van der Waals surface area (Å²) < 4.78 is 2.44. The molecule has 3 heterocycles. The van der Waals surface area contributed by atoms with Gasteiger partial charge in [-0.2, -0.15) is 0 Å². The molecule has 4 heteroatoms. The largest absolute Gasteiger partial charge is 0.310 e. The van der Waals surface area contributed by atoms with Gasteiger partial charge < -0.3 is 9.47 Å². The molecule has 0 radical (unpaired) electrons. The van der Waals surface area contributed by atoms with E-state index in [9.17, 15) is 0 Å². The third kappa shape index (κ3) is 5.27. The van der Waals surface area contributed by atoms with E-state index in [-0.39, 0.29) is 0 Å². The normalized spacial score (nSPS) is 14.5. The van der Waals surface area contributed by atoms with E-state index in [2.05, 4.69) is 264 Å². The Balaban J connectivity index is 0.987. The lowest BCUT2D eigenvalue weighted by Gasteiger charge is -2.40. The highest BCUT2D eigenvalue weighted by Gasteiger charge is 2.52. The molecule has 16 rings (SSSR count). The maximum Gasteiger partial charge on any atom is 0.0736 e. The first-order valence-corrected chi connectivity index (χ1v) is 26.5. The number of benzene rings is 11. The summed E-state index contributed by atoms with van der Waals surface area (Å²) in [5.41, 5.74) is 21.6. The van der Waals surface area contributed by atoms with Crippen LogP contribution in [0.3, 0.4) is 0 Å². The van der Waals surface area contributed by atoms with Crippen LogP contribution in [0.1, 0.15) is 44.5 Å². The number of para-hydroxylation sites is 2. The lowest BCUT2D eigenvalue weighted by molar-refractivity contribution is 0.722. The summed E-state index contributed by atoms with van der Waals surface area (Å²) in [4.78, 5) is 7.75. The first-order valence-electron chi connectivity index (χ1n) is 24.8. The van der Waals surface area contributed by atoms with Crippen LogP contribution in [0.15, 0.2) is 274 Å². The van der Waals surface area contributed by atoms with Crippen LogP contribution >= 0.6 is 23.5 Å². The highest BCUT2D eigenvalue weighted by molar-refractivity contribution is 7.99. The zero-order valence-electron chi connectivity index (χ0n) is 39.0. The van der Waals surface area contributed by atoms with Crippen molar-refractivity contribution in [2.75, 3.05) is 4.90 Å². The van der Waals surface area contributed by atoms with Crippen molar-refractivity contribution in [2.45, 2.75) is 30.4 Å². The summed E-state index contributed by atoms with van der Waals surface area (Å²) in [6.45, 7) is 0. The second kappa shape index (κ2) is 15.1. The van der Waals surface area contributed by atoms with Gasteiger partial charge in [-0.05, 0) is 146 Å². The quantitative estimate of drug-likeness (QED) is 0.174. The predicted molar refractivity (Wildman–Crippen MR) is 298 cm³/mol. The molecule has 0 saturated heterocycles. The number of anilines is 3. The molecule has 0 fully saturated rings. The molecule has 72 heavy (non-hydrogen) atoms. The minimum atomic E-state index is -0.515. The van der Waals surface area contributed by atoms with Crippen LogP contribution in [-0.4, -0.2) is 4.57 Å². The maximum atomic E-state index is 2.53. The van der Waals surface area contributed by atoms with Gasteiger partial charge in [0.2, 0.25) is 0 Å². The smallest absolute Gasteiger partial charge is 0.0736 e. The average Bonchev–Trinajstić information content (AvgIpc) is 4.04. The Hall–Kier alpha value is -8.28. The zero-order valence-corrected chi connectivity index (χ0v) is 40.6. The standard InChI is InChI=1S/C68H42N2S2/c1-2-18-43(19-3-1)70-61-29-13-6-22-50(61)51-38-35-46(42-62(51)70)69(44-36-39-55-52(40-44)48-21-5-8-24-54(48)67(55)56-25-9-14-30-63(56)71-64-31-15-10-26-57(64)67)45-34-37-49-47-20-4-7-23-53(47)68(60(49)41-45)58-27-11-16-32-65(58)72-66-33-17-12-28-59(66)68/h1-42H. The molecule has 0 unspecified atom stereocenters. The minimum Gasteiger partial charge on any atom is -0.310 e. The van der Waals surface area contributed by atoms with Crippen molar-refractivity contribution in [1.29, 1.82) is 0 Å². The van der Waals surface area contributed by atoms with Crippen molar-refractivity contribution >= 4 is 62.4 Å². The Bertz CT molecular complexity index is 4170. The molecule has 4 aliphatic rings. The van der Waals surface area contributed by atoms with Gasteiger partial charge in [-0.1, -0.05) is 199 Å². The van der Waals surface area contributed by atoms with Crippen LogP contribution in [0.25, 0.3) is 49.7 Å². The summed E-state index contributed by atoms with van der Waals surface area (Å²) in [7, 11) is 0. The monoisotopic (exact) mass is 950 g/mol. The average molecular weight is 951 g/mol. The van der Waals surface area contributed by atoms with E-state index < -0.39 is 10.8 Å². The van der Waals surface area contributed by atoms with E-state index >= 15 is 0 Å². The van der Waals surface area contributed by atoms with Crippen molar-refractivity contribution in [3.63, 3.8) is 0 Å². The fourth-order valence-electron chi connectivity index (χ4n) is 13.4. The van der Waals surface area contributed by atoms with Crippen LogP contribution in [-0.2, 0) is 10.8 Å². The molecular formula is C68H42N2S2. The highest BCUT2D eigenvalue weighted by atomic mass is 32.2. The topological polar surface area (TPSA) is 8.17 Å². The molecule has 0 atom stereocenters. The summed E-state index contributed by atoms with van der Waals surface area (Å²) in [6.07, 6.45) is 0. The fraction of sp³-hybridized carbons (Fsp3) is 0.0294. The molecule has 0 saturated carbocycles. The van der Waals surface area contributed by atoms with Gasteiger partial charge in [0.15, 0.2) is 0 Å². The van der Waals surface area contributed by atoms with Crippen molar-refractivity contribution in [2.24, 2.45) is 0 Å². The molecule has 0 bridgehead atoms. The van der Waals surface area contributed by atoms with Gasteiger partial charge in [-0.25, -0.2) is 0 Å². The second-order valence-corrected chi connectivity index (χ2v) is 21.6. The summed E-state index contributed by atoms with van der Waals surface area (Å²) in [6, 6.07) is 96.1. The minimum absolute atomic E-state index is 0.464. The Morgan fingerprint density at radius 2 is 0.694 bits per heavy atom. The van der Waals surface area contributed by atoms with E-state index in [1.807, 2.05) is 23.5 Å². The van der Waals surface area contributed by atoms with Crippen LogP contribution in [0.4, 0.5) is 17.1 Å². The Morgan fingerprint density at radius 3 is 1.32 bits per heavy atom. The lowest BCUT2D eigenvalue weighted by atomic mass is 9.67. The SMILES string of the molecule is c1ccc(-n2c3ccccc3c3ccc(N(c4ccc5c(c4)-c4ccccc4C54c5ccccc5Sc5ccccc54)c4ccc5c(c4)C4(c6ccccc6Sc6ccccc64)c4ccccc4-5)cc32)cc1. The van der Waals surface area contributed by atoms with Gasteiger partial charge in [0.1, 0.15) is 0 Å². The van der Waals surface area contributed by atoms with E-state index in [0.29, 0.717) is 0 Å². The Kier molecular flexibility index (Phi) is 8.49. The van der Waals surface area contributed by atoms with Crippen molar-refractivity contribution in [3.8, 4) is 27.9 Å². The summed E-state index contributed by atoms with van der Waals surface area (Å²) >= 11 is 3.78. The lowest BCUT2D eigenvalue weighted by Crippen LogP contribution is -2.32. The van der Waals surface area contributed by atoms with Gasteiger partial charge >= 0.3 is 0 Å². The van der Waals surface area contributed by atoms with Crippen LogP contribution in [0, 0.1) is 0 Å². The Morgan fingerprint density at radius 1 is 0.278 bits per heavy atom. The molecule has 2 spiro atoms. The first-order chi connectivity index (χ1) is 35.7. The van der Waals surface area contributed by atoms with Crippen LogP contribution in [0.2, 0.25) is 0 Å². The molecule has 336 valence electrons. The van der Waals surface area contributed by atoms with Gasteiger partial charge in [0, 0.05) is 53.1 Å². The fourth-order valence-corrected chi connectivity index (χ4v) is 15.8. The maximum absolute atomic E-state index is 2.53. The van der Waals surface area contributed by atoms with Crippen LogP contribution in [0.5, 0.6) is 0 Å². The van der Waals surface area contributed by atoms with Gasteiger partial charge in [0.05, 0.1) is 21.9 Å². The summed E-state index contributed by atoms with van der Waals surface area (Å²) in [5.74, 6) is 0. The van der Waals surface area contributed by atoms with Gasteiger partial charge in [-0.3, -0.25) is 0 Å². The van der Waals surface area contributed by atoms with Gasteiger partial charge in [-0.15, -0.1) is 0 Å². The van der Waals surface area contributed by atoms with Crippen molar-refractivity contribution < 1.29 is 0 Å².